The van der Waals surface area contributed by atoms with E-state index in [9.17, 15) is 5.26 Å². The van der Waals surface area contributed by atoms with Crippen molar-refractivity contribution in [3.8, 4) is 40.0 Å². The minimum absolute atomic E-state index is 0.240. The van der Waals surface area contributed by atoms with E-state index >= 15 is 0 Å². The maximum absolute atomic E-state index is 10.2. The van der Waals surface area contributed by atoms with Gasteiger partial charge < -0.3 is 13.9 Å². The fourth-order valence-electron chi connectivity index (χ4n) is 4.34. The molecule has 5 aromatic rings. The van der Waals surface area contributed by atoms with Gasteiger partial charge >= 0.3 is 0 Å². The normalized spacial score (nSPS) is 11.0. The van der Waals surface area contributed by atoms with Crippen LogP contribution in [0.5, 0.6) is 11.5 Å². The second-order valence-corrected chi connectivity index (χ2v) is 11.3. The molecule has 204 valence electrons. The third kappa shape index (κ3) is 6.45. The van der Waals surface area contributed by atoms with Gasteiger partial charge in [-0.3, -0.25) is 0 Å². The molecule has 5 rings (SSSR count). The molecule has 4 aromatic carbocycles. The Morgan fingerprint density at radius 3 is 2.12 bits per heavy atom. The van der Waals surface area contributed by atoms with Gasteiger partial charge in [-0.15, -0.1) is 0 Å². The van der Waals surface area contributed by atoms with Crippen LogP contribution in [0.1, 0.15) is 27.8 Å². The zero-order valence-electron chi connectivity index (χ0n) is 22.7. The summed E-state index contributed by atoms with van der Waals surface area (Å²) in [6.07, 6.45) is 1.66. The number of aliphatic imine (C=N–C) groups is 1. The van der Waals surface area contributed by atoms with Crippen molar-refractivity contribution in [2.24, 2.45) is 4.99 Å². The van der Waals surface area contributed by atoms with Gasteiger partial charge in [0.2, 0.25) is 5.88 Å². The molecule has 0 unspecified atom stereocenters. The zero-order chi connectivity index (χ0) is 28.9. The summed E-state index contributed by atoms with van der Waals surface area (Å²) < 4.78 is 19.7. The zero-order valence-corrected chi connectivity index (χ0v) is 25.9. The summed E-state index contributed by atoms with van der Waals surface area (Å²) in [6.45, 7) is 4.45. The Bertz CT molecular complexity index is 1750. The number of benzene rings is 4. The van der Waals surface area contributed by atoms with Gasteiger partial charge in [0.25, 0.3) is 0 Å². The topological polar surface area (TPSA) is 67.8 Å². The van der Waals surface area contributed by atoms with Crippen LogP contribution in [0.3, 0.4) is 0 Å². The van der Waals surface area contributed by atoms with Crippen molar-refractivity contribution in [2.75, 3.05) is 7.11 Å². The van der Waals surface area contributed by atoms with Crippen molar-refractivity contribution >= 4 is 44.0 Å². The Kier molecular flexibility index (Phi) is 8.72. The van der Waals surface area contributed by atoms with Crippen LogP contribution in [0.2, 0.25) is 0 Å². The number of hydrogen-bond donors (Lipinski definition) is 0. The molecule has 0 saturated heterocycles. The van der Waals surface area contributed by atoms with Crippen molar-refractivity contribution in [1.82, 2.24) is 0 Å². The number of ether oxygens (including phenoxy) is 2. The molecular weight excluding hydrogens is 644 g/mol. The van der Waals surface area contributed by atoms with Crippen LogP contribution in [-0.2, 0) is 6.61 Å². The van der Waals surface area contributed by atoms with E-state index in [-0.39, 0.29) is 5.88 Å². The third-order valence-electron chi connectivity index (χ3n) is 6.53. The summed E-state index contributed by atoms with van der Waals surface area (Å²) in [5, 5.41) is 10.2. The summed E-state index contributed by atoms with van der Waals surface area (Å²) in [5.41, 5.74) is 6.92. The molecule has 0 spiro atoms. The first-order valence-electron chi connectivity index (χ1n) is 12.9. The van der Waals surface area contributed by atoms with E-state index in [0.717, 1.165) is 47.9 Å². The lowest BCUT2D eigenvalue weighted by atomic mass is 9.97. The number of furan rings is 1. The smallest absolute Gasteiger partial charge is 0.238 e. The Morgan fingerprint density at radius 1 is 0.878 bits per heavy atom. The van der Waals surface area contributed by atoms with Crippen LogP contribution in [0.4, 0.5) is 5.88 Å². The summed E-state index contributed by atoms with van der Waals surface area (Å²) in [7, 11) is 1.59. The molecule has 1 heterocycles. The SMILES string of the molecule is COc1cc(C=Nc2oc(-c3ccc(C)cc3)c(-c3ccc(C)cc3)c2C#N)cc(Br)c1OCc1ccc(Br)cc1. The van der Waals surface area contributed by atoms with Crippen molar-refractivity contribution in [1.29, 1.82) is 5.26 Å². The predicted molar refractivity (Wildman–Crippen MR) is 170 cm³/mol. The van der Waals surface area contributed by atoms with Crippen LogP contribution in [0, 0.1) is 25.2 Å². The van der Waals surface area contributed by atoms with Gasteiger partial charge in [0.15, 0.2) is 11.5 Å². The van der Waals surface area contributed by atoms with Gasteiger partial charge in [-0.25, -0.2) is 4.99 Å². The number of aryl methyl sites for hydroxylation is 2. The lowest BCUT2D eigenvalue weighted by Crippen LogP contribution is -1.99. The molecule has 7 heteroatoms. The first kappa shape index (κ1) is 28.4. The number of hydrogen-bond acceptors (Lipinski definition) is 5. The lowest BCUT2D eigenvalue weighted by molar-refractivity contribution is 0.282. The van der Waals surface area contributed by atoms with E-state index < -0.39 is 0 Å². The maximum Gasteiger partial charge on any atom is 0.238 e. The highest BCUT2D eigenvalue weighted by Crippen LogP contribution is 2.43. The van der Waals surface area contributed by atoms with Crippen LogP contribution in [0.15, 0.2) is 103 Å². The highest BCUT2D eigenvalue weighted by molar-refractivity contribution is 9.10. The second-order valence-electron chi connectivity index (χ2n) is 9.54. The van der Waals surface area contributed by atoms with E-state index in [4.69, 9.17) is 13.9 Å². The average Bonchev–Trinajstić information content (AvgIpc) is 3.35. The molecule has 0 N–H and O–H groups in total. The molecule has 41 heavy (non-hydrogen) atoms. The molecule has 0 bridgehead atoms. The molecule has 0 aliphatic rings. The monoisotopic (exact) mass is 668 g/mol. The molecule has 0 radical (unpaired) electrons. The first-order valence-corrected chi connectivity index (χ1v) is 14.4. The van der Waals surface area contributed by atoms with Crippen molar-refractivity contribution in [3.63, 3.8) is 0 Å². The minimum Gasteiger partial charge on any atom is -0.493 e. The van der Waals surface area contributed by atoms with Crippen molar-refractivity contribution in [2.45, 2.75) is 20.5 Å². The van der Waals surface area contributed by atoms with Crippen molar-refractivity contribution in [3.05, 3.63) is 122 Å². The minimum atomic E-state index is 0.240. The van der Waals surface area contributed by atoms with Crippen LogP contribution in [0.25, 0.3) is 22.5 Å². The predicted octanol–water partition coefficient (Wildman–Crippen LogP) is 9.97. The Hall–Kier alpha value is -4.12. The third-order valence-corrected chi connectivity index (χ3v) is 7.65. The summed E-state index contributed by atoms with van der Waals surface area (Å²) >= 11 is 7.07. The highest BCUT2D eigenvalue weighted by atomic mass is 79.9. The number of rotatable bonds is 8. The molecule has 0 aliphatic heterocycles. The number of nitrogens with zero attached hydrogens (tertiary/aromatic N) is 2. The van der Waals surface area contributed by atoms with Gasteiger partial charge in [0, 0.05) is 21.8 Å². The van der Waals surface area contributed by atoms with Crippen LogP contribution < -0.4 is 9.47 Å². The van der Waals surface area contributed by atoms with Gasteiger partial charge in [0.1, 0.15) is 24.0 Å². The Morgan fingerprint density at radius 2 is 1.51 bits per heavy atom. The maximum atomic E-state index is 10.2. The number of halogens is 2. The second kappa shape index (κ2) is 12.6. The molecular formula is C34H26Br2N2O3. The molecule has 0 atom stereocenters. The fourth-order valence-corrected chi connectivity index (χ4v) is 5.18. The number of methoxy groups -OCH3 is 1. The standard InChI is InChI=1S/C34H26Br2N2O3/c1-21-4-10-25(11-5-21)31-28(18-37)34(41-32(31)26-12-6-22(2)7-13-26)38-19-24-16-29(36)33(30(17-24)39-3)40-20-23-8-14-27(35)15-9-23/h4-17,19H,20H2,1-3H3. The number of nitriles is 1. The van der Waals surface area contributed by atoms with Crippen LogP contribution in [-0.4, -0.2) is 13.3 Å². The van der Waals surface area contributed by atoms with E-state index in [2.05, 4.69) is 42.9 Å². The van der Waals surface area contributed by atoms with Gasteiger partial charge in [-0.05, 0) is 70.7 Å². The van der Waals surface area contributed by atoms with E-state index in [1.165, 1.54) is 0 Å². The van der Waals surface area contributed by atoms with Gasteiger partial charge in [-0.2, -0.15) is 5.26 Å². The molecule has 5 nitrogen and oxygen atoms in total. The average molecular weight is 670 g/mol. The van der Waals surface area contributed by atoms with Crippen molar-refractivity contribution < 1.29 is 13.9 Å². The molecule has 0 aliphatic carbocycles. The van der Waals surface area contributed by atoms with Gasteiger partial charge in [0.05, 0.1) is 11.6 Å². The van der Waals surface area contributed by atoms with E-state index in [1.54, 1.807) is 13.3 Å². The fraction of sp³-hybridized carbons (Fsp3) is 0.118. The van der Waals surface area contributed by atoms with Crippen LogP contribution >= 0.6 is 31.9 Å². The molecule has 0 fully saturated rings. The van der Waals surface area contributed by atoms with E-state index in [1.807, 2.05) is 98.8 Å². The quantitative estimate of drug-likeness (QED) is 0.154. The summed E-state index contributed by atoms with van der Waals surface area (Å²) in [4.78, 5) is 4.63. The highest BCUT2D eigenvalue weighted by Gasteiger charge is 2.23. The molecule has 1 aromatic heterocycles. The summed E-state index contributed by atoms with van der Waals surface area (Å²) in [5.74, 6) is 1.99. The largest absolute Gasteiger partial charge is 0.493 e. The van der Waals surface area contributed by atoms with Gasteiger partial charge in [-0.1, -0.05) is 87.7 Å². The van der Waals surface area contributed by atoms with E-state index in [0.29, 0.717) is 29.4 Å². The Balaban J connectivity index is 1.50. The summed E-state index contributed by atoms with van der Waals surface area (Å²) in [6, 6.07) is 30.1. The molecule has 0 amide bonds. The Labute approximate surface area is 256 Å². The lowest BCUT2D eigenvalue weighted by Gasteiger charge is -2.13. The first-order chi connectivity index (χ1) is 19.9. The molecule has 0 saturated carbocycles.